The summed E-state index contributed by atoms with van der Waals surface area (Å²) in [5, 5.41) is 4.66. The first kappa shape index (κ1) is 15.2. The average molecular weight is 302 g/mol. The van der Waals surface area contributed by atoms with Gasteiger partial charge in [-0.25, -0.2) is 4.39 Å². The smallest absolute Gasteiger partial charge is 0.263 e. The first-order valence-corrected chi connectivity index (χ1v) is 7.32. The van der Waals surface area contributed by atoms with E-state index in [0.717, 1.165) is 5.56 Å². The van der Waals surface area contributed by atoms with Crippen LogP contribution in [0.2, 0.25) is 0 Å². The minimum atomic E-state index is -0.320. The molecule has 0 bridgehead atoms. The summed E-state index contributed by atoms with van der Waals surface area (Å²) in [6, 6.07) is 7.68. The van der Waals surface area contributed by atoms with Crippen molar-refractivity contribution in [1.82, 2.24) is 5.32 Å². The first-order chi connectivity index (χ1) is 10.1. The SMILES string of the molecule is CC(NC(=O)c1sccc1C#CCN)c1cccc(F)c1. The zero-order valence-corrected chi connectivity index (χ0v) is 12.3. The van der Waals surface area contributed by atoms with E-state index in [0.29, 0.717) is 10.4 Å². The zero-order valence-electron chi connectivity index (χ0n) is 11.5. The van der Waals surface area contributed by atoms with E-state index in [9.17, 15) is 9.18 Å². The molecule has 2 aromatic rings. The van der Waals surface area contributed by atoms with Crippen LogP contribution in [-0.4, -0.2) is 12.5 Å². The minimum absolute atomic E-state index is 0.219. The van der Waals surface area contributed by atoms with Crippen LogP contribution in [-0.2, 0) is 0 Å². The topological polar surface area (TPSA) is 55.1 Å². The fraction of sp³-hybridized carbons (Fsp3) is 0.188. The minimum Gasteiger partial charge on any atom is -0.345 e. The van der Waals surface area contributed by atoms with Crippen molar-refractivity contribution in [3.63, 3.8) is 0 Å². The molecule has 1 aromatic heterocycles. The van der Waals surface area contributed by atoms with Crippen LogP contribution < -0.4 is 11.1 Å². The van der Waals surface area contributed by atoms with E-state index in [-0.39, 0.29) is 24.3 Å². The Morgan fingerprint density at radius 1 is 1.48 bits per heavy atom. The van der Waals surface area contributed by atoms with Crippen molar-refractivity contribution in [1.29, 1.82) is 0 Å². The Balaban J connectivity index is 2.13. The Labute approximate surface area is 127 Å². The summed E-state index contributed by atoms with van der Waals surface area (Å²) in [4.78, 5) is 12.8. The van der Waals surface area contributed by atoms with Crippen molar-refractivity contribution >= 4 is 17.2 Å². The third-order valence-electron chi connectivity index (χ3n) is 2.89. The highest BCUT2D eigenvalue weighted by Gasteiger charge is 2.15. The number of rotatable bonds is 3. The number of carbonyl (C=O) groups is 1. The van der Waals surface area contributed by atoms with Gasteiger partial charge in [-0.3, -0.25) is 4.79 Å². The van der Waals surface area contributed by atoms with Gasteiger partial charge in [-0.05, 0) is 36.1 Å². The van der Waals surface area contributed by atoms with Crippen LogP contribution in [0.25, 0.3) is 0 Å². The van der Waals surface area contributed by atoms with Gasteiger partial charge in [-0.2, -0.15) is 0 Å². The Morgan fingerprint density at radius 3 is 3.00 bits per heavy atom. The van der Waals surface area contributed by atoms with Gasteiger partial charge < -0.3 is 11.1 Å². The highest BCUT2D eigenvalue weighted by molar-refractivity contribution is 7.12. The maximum atomic E-state index is 13.2. The molecule has 1 unspecified atom stereocenters. The second-order valence-electron chi connectivity index (χ2n) is 4.42. The average Bonchev–Trinajstić information content (AvgIpc) is 2.93. The van der Waals surface area contributed by atoms with E-state index < -0.39 is 0 Å². The lowest BCUT2D eigenvalue weighted by molar-refractivity contribution is 0.0943. The number of nitrogens with two attached hydrogens (primary N) is 1. The third kappa shape index (κ3) is 3.91. The predicted octanol–water partition coefficient (Wildman–Crippen LogP) is 2.69. The Morgan fingerprint density at radius 2 is 2.29 bits per heavy atom. The highest BCUT2D eigenvalue weighted by atomic mass is 32.1. The van der Waals surface area contributed by atoms with Crippen molar-refractivity contribution in [3.05, 3.63) is 57.5 Å². The molecule has 0 radical (unpaired) electrons. The second kappa shape index (κ2) is 7.02. The molecule has 0 aliphatic heterocycles. The highest BCUT2D eigenvalue weighted by Crippen LogP contribution is 2.19. The molecular weight excluding hydrogens is 287 g/mol. The van der Waals surface area contributed by atoms with E-state index in [1.807, 2.05) is 12.3 Å². The number of halogens is 1. The maximum Gasteiger partial charge on any atom is 0.263 e. The van der Waals surface area contributed by atoms with Gasteiger partial charge in [-0.15, -0.1) is 11.3 Å². The van der Waals surface area contributed by atoms with Gasteiger partial charge in [0.25, 0.3) is 5.91 Å². The molecule has 21 heavy (non-hydrogen) atoms. The molecule has 1 atom stereocenters. The summed E-state index contributed by atoms with van der Waals surface area (Å²) in [5.41, 5.74) is 6.71. The second-order valence-corrected chi connectivity index (χ2v) is 5.34. The van der Waals surface area contributed by atoms with Gasteiger partial charge in [0.2, 0.25) is 0 Å². The normalized spacial score (nSPS) is 11.4. The van der Waals surface area contributed by atoms with Crippen molar-refractivity contribution in [2.45, 2.75) is 13.0 Å². The molecule has 108 valence electrons. The number of hydrogen-bond acceptors (Lipinski definition) is 3. The van der Waals surface area contributed by atoms with Crippen LogP contribution in [0.4, 0.5) is 4.39 Å². The van der Waals surface area contributed by atoms with Crippen molar-refractivity contribution in [3.8, 4) is 11.8 Å². The molecule has 3 nitrogen and oxygen atoms in total. The van der Waals surface area contributed by atoms with Crippen LogP contribution in [0, 0.1) is 17.7 Å². The molecule has 1 heterocycles. The standard InChI is InChI=1S/C16H15FN2OS/c1-11(13-4-2-6-14(17)10-13)19-16(20)15-12(5-3-8-18)7-9-21-15/h2,4,6-7,9-11H,8,18H2,1H3,(H,19,20). The fourth-order valence-corrected chi connectivity index (χ4v) is 2.60. The summed E-state index contributed by atoms with van der Waals surface area (Å²) < 4.78 is 13.2. The molecule has 0 saturated heterocycles. The van der Waals surface area contributed by atoms with Gasteiger partial charge in [-0.1, -0.05) is 24.0 Å². The van der Waals surface area contributed by atoms with Crippen molar-refractivity contribution < 1.29 is 9.18 Å². The Bertz CT molecular complexity index is 700. The molecular formula is C16H15FN2OS. The number of carbonyl (C=O) groups excluding carboxylic acids is 1. The van der Waals surface area contributed by atoms with Gasteiger partial charge >= 0.3 is 0 Å². The molecule has 2 rings (SSSR count). The van der Waals surface area contributed by atoms with Gasteiger partial charge in [0, 0.05) is 5.56 Å². The lowest BCUT2D eigenvalue weighted by atomic mass is 10.1. The van der Waals surface area contributed by atoms with E-state index in [1.165, 1.54) is 23.5 Å². The monoisotopic (exact) mass is 302 g/mol. The van der Waals surface area contributed by atoms with Crippen LogP contribution in [0.1, 0.15) is 33.8 Å². The molecule has 0 aliphatic carbocycles. The summed E-state index contributed by atoms with van der Waals surface area (Å²) in [6.45, 7) is 2.06. The summed E-state index contributed by atoms with van der Waals surface area (Å²) in [6.07, 6.45) is 0. The van der Waals surface area contributed by atoms with E-state index >= 15 is 0 Å². The maximum absolute atomic E-state index is 13.2. The molecule has 0 spiro atoms. The molecule has 0 saturated carbocycles. The van der Waals surface area contributed by atoms with Crippen LogP contribution in [0.15, 0.2) is 35.7 Å². The molecule has 0 aliphatic rings. The third-order valence-corrected chi connectivity index (χ3v) is 3.81. The van der Waals surface area contributed by atoms with Gasteiger partial charge in [0.15, 0.2) is 0 Å². The molecule has 0 fully saturated rings. The quantitative estimate of drug-likeness (QED) is 0.857. The van der Waals surface area contributed by atoms with Gasteiger partial charge in [0.05, 0.1) is 12.6 Å². The molecule has 5 heteroatoms. The van der Waals surface area contributed by atoms with Crippen LogP contribution >= 0.6 is 11.3 Å². The number of nitrogens with one attached hydrogen (secondary N) is 1. The number of amides is 1. The summed E-state index contributed by atoms with van der Waals surface area (Å²) in [5.74, 6) is 5.06. The van der Waals surface area contributed by atoms with Crippen LogP contribution in [0.5, 0.6) is 0 Å². The molecule has 1 aromatic carbocycles. The number of benzene rings is 1. The number of thiophene rings is 1. The first-order valence-electron chi connectivity index (χ1n) is 6.44. The van der Waals surface area contributed by atoms with E-state index in [1.54, 1.807) is 18.2 Å². The predicted molar refractivity (Wildman–Crippen MR) is 82.5 cm³/mol. The van der Waals surface area contributed by atoms with E-state index in [2.05, 4.69) is 17.2 Å². The molecule has 1 amide bonds. The van der Waals surface area contributed by atoms with E-state index in [4.69, 9.17) is 5.73 Å². The summed E-state index contributed by atoms with van der Waals surface area (Å²) >= 11 is 1.32. The lowest BCUT2D eigenvalue weighted by Gasteiger charge is -2.14. The fourth-order valence-electron chi connectivity index (χ4n) is 1.85. The zero-order chi connectivity index (χ0) is 15.2. The Kier molecular flexibility index (Phi) is 5.09. The number of hydrogen-bond donors (Lipinski definition) is 2. The van der Waals surface area contributed by atoms with Crippen molar-refractivity contribution in [2.75, 3.05) is 6.54 Å². The van der Waals surface area contributed by atoms with Gasteiger partial charge in [0.1, 0.15) is 10.7 Å². The lowest BCUT2D eigenvalue weighted by Crippen LogP contribution is -2.26. The van der Waals surface area contributed by atoms with Crippen LogP contribution in [0.3, 0.4) is 0 Å². The van der Waals surface area contributed by atoms with Crippen molar-refractivity contribution in [2.24, 2.45) is 5.73 Å². The largest absolute Gasteiger partial charge is 0.345 e. The summed E-state index contributed by atoms with van der Waals surface area (Å²) in [7, 11) is 0. The Hall–Kier alpha value is -2.16. The molecule has 3 N–H and O–H groups in total.